The van der Waals surface area contributed by atoms with Crippen molar-refractivity contribution in [1.82, 2.24) is 0 Å². The highest BCUT2D eigenvalue weighted by molar-refractivity contribution is 7.25. The first-order valence-electron chi connectivity index (χ1n) is 17.7. The maximum atomic E-state index is 5.15. The molecule has 0 aliphatic rings. The average Bonchev–Trinajstić information content (AvgIpc) is 3.59. The van der Waals surface area contributed by atoms with Gasteiger partial charge in [-0.2, -0.15) is 0 Å². The van der Waals surface area contributed by atoms with Crippen molar-refractivity contribution in [1.29, 1.82) is 0 Å². The van der Waals surface area contributed by atoms with E-state index in [1.54, 1.807) is 0 Å². The predicted octanol–water partition coefficient (Wildman–Crippen LogP) is 13.9. The van der Waals surface area contributed by atoms with E-state index in [-0.39, 0.29) is 0 Å². The fourth-order valence-corrected chi connectivity index (χ4v) is 8.10. The van der Waals surface area contributed by atoms with Crippen molar-refractivity contribution in [3.63, 3.8) is 0 Å². The Hall–Kier alpha value is -6.35. The first kappa shape index (κ1) is 31.6. The highest BCUT2D eigenvalue weighted by atomic mass is 32.1. The van der Waals surface area contributed by atoms with Crippen LogP contribution in [0.3, 0.4) is 0 Å². The Labute approximate surface area is 308 Å². The zero-order chi connectivity index (χ0) is 34.7. The molecule has 52 heavy (non-hydrogen) atoms. The van der Waals surface area contributed by atoms with Crippen LogP contribution < -0.4 is 0 Å². The Kier molecular flexibility index (Phi) is 8.58. The molecule has 0 N–H and O–H groups in total. The van der Waals surface area contributed by atoms with E-state index in [2.05, 4.69) is 194 Å². The van der Waals surface area contributed by atoms with Gasteiger partial charge >= 0.3 is 0 Å². The molecular weight excluding hydrogens is 647 g/mol. The second kappa shape index (κ2) is 14.1. The van der Waals surface area contributed by atoms with Gasteiger partial charge in [0.05, 0.1) is 12.3 Å². The summed E-state index contributed by atoms with van der Waals surface area (Å²) in [5.74, 6) is 0. The standard InChI is InChI=1S/C50H35NS/c1-2-9-35(10-3-1)19-31-48(42-28-26-41(27-29-42)45-15-8-12-40-11-4-5-13-44(40)45)51-34-36-17-20-37(21-18-36)38-22-24-39(25-23-38)43-30-32-50-47(33-43)46-14-6-7-16-49(46)52-50/h1-33H,34H2/b31-19-,51-48?. The molecule has 0 fully saturated rings. The normalized spacial score (nSPS) is 12.0. The van der Waals surface area contributed by atoms with Gasteiger partial charge in [0.1, 0.15) is 0 Å². The van der Waals surface area contributed by atoms with E-state index < -0.39 is 0 Å². The van der Waals surface area contributed by atoms with E-state index in [0.29, 0.717) is 6.54 Å². The van der Waals surface area contributed by atoms with Gasteiger partial charge in [0, 0.05) is 20.2 Å². The summed E-state index contributed by atoms with van der Waals surface area (Å²) in [5.41, 5.74) is 11.7. The fourth-order valence-electron chi connectivity index (χ4n) is 7.02. The maximum Gasteiger partial charge on any atom is 0.0650 e. The lowest BCUT2D eigenvalue weighted by molar-refractivity contribution is 1.07. The topological polar surface area (TPSA) is 12.4 Å². The van der Waals surface area contributed by atoms with Crippen LogP contribution in [0, 0.1) is 0 Å². The Bertz CT molecular complexity index is 2710. The molecule has 0 saturated heterocycles. The molecule has 9 rings (SSSR count). The Balaban J connectivity index is 0.951. The summed E-state index contributed by atoms with van der Waals surface area (Å²) in [6, 6.07) is 67.6. The molecule has 1 aromatic heterocycles. The SMILES string of the molecule is C(=C/c1ccccc1)/C(=NCc1ccc(-c2ccc(-c3ccc4sc5ccccc5c4c3)cc2)cc1)c1ccc(-c2cccc3ccccc23)cc1. The molecule has 0 aliphatic heterocycles. The molecule has 9 aromatic rings. The fraction of sp³-hybridized carbons (Fsp3) is 0.0200. The third kappa shape index (κ3) is 6.49. The molecule has 0 radical (unpaired) electrons. The third-order valence-corrected chi connectivity index (χ3v) is 11.0. The highest BCUT2D eigenvalue weighted by Gasteiger charge is 2.09. The molecule has 246 valence electrons. The lowest BCUT2D eigenvalue weighted by atomic mass is 9.96. The Morgan fingerprint density at radius 1 is 0.462 bits per heavy atom. The van der Waals surface area contributed by atoms with Gasteiger partial charge in [-0.25, -0.2) is 0 Å². The van der Waals surface area contributed by atoms with Crippen LogP contribution in [-0.4, -0.2) is 5.71 Å². The molecule has 1 nitrogen and oxygen atoms in total. The average molecular weight is 682 g/mol. The molecule has 0 aliphatic carbocycles. The predicted molar refractivity (Wildman–Crippen MR) is 225 cm³/mol. The number of hydrogen-bond donors (Lipinski definition) is 0. The molecule has 2 heteroatoms. The van der Waals surface area contributed by atoms with Crippen LogP contribution >= 0.6 is 11.3 Å². The summed E-state index contributed by atoms with van der Waals surface area (Å²) in [5, 5.41) is 5.18. The van der Waals surface area contributed by atoms with Crippen molar-refractivity contribution in [2.75, 3.05) is 0 Å². The van der Waals surface area contributed by atoms with E-state index in [9.17, 15) is 0 Å². The van der Waals surface area contributed by atoms with Crippen molar-refractivity contribution in [3.05, 3.63) is 211 Å². The smallest absolute Gasteiger partial charge is 0.0650 e. The van der Waals surface area contributed by atoms with Crippen molar-refractivity contribution < 1.29 is 0 Å². The minimum Gasteiger partial charge on any atom is -0.280 e. The van der Waals surface area contributed by atoms with Gasteiger partial charge in [-0.1, -0.05) is 176 Å². The summed E-state index contributed by atoms with van der Waals surface area (Å²) in [6.45, 7) is 0.596. The maximum absolute atomic E-state index is 5.15. The molecule has 0 saturated carbocycles. The van der Waals surface area contributed by atoms with Crippen LogP contribution in [0.4, 0.5) is 0 Å². The van der Waals surface area contributed by atoms with Gasteiger partial charge in [0.25, 0.3) is 0 Å². The largest absolute Gasteiger partial charge is 0.280 e. The van der Waals surface area contributed by atoms with Gasteiger partial charge in [0.15, 0.2) is 0 Å². The molecular formula is C50H35NS. The van der Waals surface area contributed by atoms with E-state index in [0.717, 1.165) is 16.8 Å². The zero-order valence-electron chi connectivity index (χ0n) is 28.6. The minimum absolute atomic E-state index is 0.596. The van der Waals surface area contributed by atoms with Gasteiger partial charge < -0.3 is 0 Å². The molecule has 0 atom stereocenters. The molecule has 0 unspecified atom stereocenters. The van der Waals surface area contributed by atoms with Crippen LogP contribution in [0.1, 0.15) is 16.7 Å². The lowest BCUT2D eigenvalue weighted by Gasteiger charge is -2.09. The van der Waals surface area contributed by atoms with E-state index in [1.807, 2.05) is 17.4 Å². The quantitative estimate of drug-likeness (QED) is 0.142. The first-order chi connectivity index (χ1) is 25.7. The van der Waals surface area contributed by atoms with Crippen molar-refractivity contribution in [2.24, 2.45) is 4.99 Å². The third-order valence-electron chi connectivity index (χ3n) is 9.83. The van der Waals surface area contributed by atoms with Crippen molar-refractivity contribution >= 4 is 54.1 Å². The summed E-state index contributed by atoms with van der Waals surface area (Å²) in [6.07, 6.45) is 4.28. The summed E-state index contributed by atoms with van der Waals surface area (Å²) in [4.78, 5) is 5.15. The number of benzene rings is 8. The number of allylic oxidation sites excluding steroid dienone is 1. The van der Waals surface area contributed by atoms with Gasteiger partial charge in [-0.15, -0.1) is 11.3 Å². The van der Waals surface area contributed by atoms with Crippen LogP contribution in [0.5, 0.6) is 0 Å². The van der Waals surface area contributed by atoms with Gasteiger partial charge in [-0.05, 0) is 85.1 Å². The van der Waals surface area contributed by atoms with Crippen LogP contribution in [0.2, 0.25) is 0 Å². The first-order valence-corrected chi connectivity index (χ1v) is 18.5. The lowest BCUT2D eigenvalue weighted by Crippen LogP contribution is -1.98. The zero-order valence-corrected chi connectivity index (χ0v) is 29.4. The Morgan fingerprint density at radius 2 is 1.06 bits per heavy atom. The van der Waals surface area contributed by atoms with E-state index in [1.165, 1.54) is 69.9 Å². The van der Waals surface area contributed by atoms with Crippen LogP contribution in [0.25, 0.3) is 70.4 Å². The van der Waals surface area contributed by atoms with Gasteiger partial charge in [0.2, 0.25) is 0 Å². The van der Waals surface area contributed by atoms with Gasteiger partial charge in [-0.3, -0.25) is 4.99 Å². The molecule has 0 spiro atoms. The number of rotatable bonds is 8. The highest BCUT2D eigenvalue weighted by Crippen LogP contribution is 2.37. The summed E-state index contributed by atoms with van der Waals surface area (Å²) in [7, 11) is 0. The molecule has 1 heterocycles. The van der Waals surface area contributed by atoms with E-state index in [4.69, 9.17) is 4.99 Å². The van der Waals surface area contributed by atoms with E-state index >= 15 is 0 Å². The number of fused-ring (bicyclic) bond motifs is 4. The molecule has 0 amide bonds. The number of hydrogen-bond acceptors (Lipinski definition) is 2. The van der Waals surface area contributed by atoms with Crippen LogP contribution in [0.15, 0.2) is 199 Å². The second-order valence-electron chi connectivity index (χ2n) is 13.1. The number of thiophene rings is 1. The Morgan fingerprint density at radius 3 is 1.85 bits per heavy atom. The monoisotopic (exact) mass is 681 g/mol. The molecule has 8 aromatic carbocycles. The number of nitrogens with zero attached hydrogens (tertiary/aromatic N) is 1. The second-order valence-corrected chi connectivity index (χ2v) is 14.2. The van der Waals surface area contributed by atoms with Crippen molar-refractivity contribution in [2.45, 2.75) is 6.54 Å². The molecule has 0 bridgehead atoms. The summed E-state index contributed by atoms with van der Waals surface area (Å²) >= 11 is 1.86. The number of aliphatic imine (C=N–C) groups is 1. The summed E-state index contributed by atoms with van der Waals surface area (Å²) < 4.78 is 2.67. The van der Waals surface area contributed by atoms with Crippen molar-refractivity contribution in [3.8, 4) is 33.4 Å². The minimum atomic E-state index is 0.596. The van der Waals surface area contributed by atoms with Crippen LogP contribution in [-0.2, 0) is 6.54 Å².